The number of carboxylic acids is 1. The van der Waals surface area contributed by atoms with Crippen molar-refractivity contribution < 1.29 is 23.1 Å². The van der Waals surface area contributed by atoms with Crippen LogP contribution in [0.25, 0.3) is 6.08 Å². The van der Waals surface area contributed by atoms with Crippen LogP contribution in [0.4, 0.5) is 13.2 Å². The first-order valence-corrected chi connectivity index (χ1v) is 4.39. The summed E-state index contributed by atoms with van der Waals surface area (Å²) in [6, 6.07) is 5.19. The molecule has 86 valence electrons. The van der Waals surface area contributed by atoms with Gasteiger partial charge in [-0.1, -0.05) is 12.1 Å². The molecule has 16 heavy (non-hydrogen) atoms. The lowest BCUT2D eigenvalue weighted by Gasteiger charge is -2.06. The average molecular weight is 230 g/mol. The molecule has 0 aliphatic rings. The van der Waals surface area contributed by atoms with Gasteiger partial charge in [0.15, 0.2) is 0 Å². The lowest BCUT2D eigenvalue weighted by atomic mass is 10.1. The summed E-state index contributed by atoms with van der Waals surface area (Å²) in [6.07, 6.45) is -3.39. The van der Waals surface area contributed by atoms with Gasteiger partial charge in [-0.15, -0.1) is 0 Å². The summed E-state index contributed by atoms with van der Waals surface area (Å²) in [5.41, 5.74) is -0.364. The predicted octanol–water partition coefficient (Wildman–Crippen LogP) is 3.35. The van der Waals surface area contributed by atoms with Gasteiger partial charge < -0.3 is 5.11 Å². The van der Waals surface area contributed by atoms with Crippen LogP contribution >= 0.6 is 0 Å². The Morgan fingerprint density at radius 2 is 1.75 bits per heavy atom. The zero-order valence-electron chi connectivity index (χ0n) is 8.38. The minimum atomic E-state index is -4.36. The van der Waals surface area contributed by atoms with Crippen LogP contribution in [0.2, 0.25) is 0 Å². The average Bonchev–Trinajstić information content (AvgIpc) is 2.17. The molecule has 0 radical (unpaired) electrons. The number of halogens is 3. The molecule has 0 atom stereocenters. The van der Waals surface area contributed by atoms with Crippen molar-refractivity contribution in [2.45, 2.75) is 13.1 Å². The molecule has 0 aliphatic heterocycles. The summed E-state index contributed by atoms with van der Waals surface area (Å²) in [6.45, 7) is 0.963. The Labute approximate surface area is 90.0 Å². The van der Waals surface area contributed by atoms with Crippen molar-refractivity contribution in [2.75, 3.05) is 0 Å². The van der Waals surface area contributed by atoms with E-state index in [1.165, 1.54) is 24.3 Å². The number of allylic oxidation sites excluding steroid dienone is 1. The molecule has 5 heteroatoms. The Hall–Kier alpha value is -1.78. The zero-order chi connectivity index (χ0) is 12.3. The van der Waals surface area contributed by atoms with Gasteiger partial charge in [0.1, 0.15) is 0 Å². The molecule has 1 rings (SSSR count). The highest BCUT2D eigenvalue weighted by molar-refractivity contribution is 5.87. The topological polar surface area (TPSA) is 37.3 Å². The highest BCUT2D eigenvalue weighted by Gasteiger charge is 2.29. The molecule has 0 amide bonds. The minimum absolute atomic E-state index is 0.0433. The first-order chi connectivity index (χ1) is 7.30. The maximum absolute atomic E-state index is 12.2. The second-order valence-electron chi connectivity index (χ2n) is 3.25. The van der Waals surface area contributed by atoms with Crippen LogP contribution in [0.15, 0.2) is 29.8 Å². The molecule has 0 bridgehead atoms. The highest BCUT2D eigenvalue weighted by atomic mass is 19.4. The van der Waals surface area contributed by atoms with Gasteiger partial charge in [-0.3, -0.25) is 0 Å². The van der Waals surface area contributed by atoms with Crippen molar-refractivity contribution in [1.29, 1.82) is 0 Å². The van der Waals surface area contributed by atoms with Crippen molar-refractivity contribution in [3.05, 3.63) is 41.0 Å². The SMILES string of the molecule is CC(=Cc1ccc(C(=O)O)cc1)C(F)(F)F. The van der Waals surface area contributed by atoms with E-state index in [-0.39, 0.29) is 5.56 Å². The monoisotopic (exact) mass is 230 g/mol. The van der Waals surface area contributed by atoms with Crippen LogP contribution in [-0.2, 0) is 0 Å². The third kappa shape index (κ3) is 3.12. The molecule has 0 spiro atoms. The van der Waals surface area contributed by atoms with E-state index in [0.717, 1.165) is 13.0 Å². The fourth-order valence-electron chi connectivity index (χ4n) is 1.05. The third-order valence-electron chi connectivity index (χ3n) is 1.99. The van der Waals surface area contributed by atoms with Crippen molar-refractivity contribution in [3.63, 3.8) is 0 Å². The van der Waals surface area contributed by atoms with Gasteiger partial charge >= 0.3 is 12.1 Å². The molecular weight excluding hydrogens is 221 g/mol. The summed E-state index contributed by atoms with van der Waals surface area (Å²) >= 11 is 0. The molecule has 1 aromatic rings. The van der Waals surface area contributed by atoms with E-state index in [0.29, 0.717) is 5.56 Å². The Bertz CT molecular complexity index is 416. The van der Waals surface area contributed by atoms with Gasteiger partial charge in [-0.25, -0.2) is 4.79 Å². The molecule has 0 aromatic heterocycles. The van der Waals surface area contributed by atoms with Gasteiger partial charge in [0.2, 0.25) is 0 Å². The molecule has 0 heterocycles. The Morgan fingerprint density at radius 3 is 2.12 bits per heavy atom. The maximum Gasteiger partial charge on any atom is 0.412 e. The lowest BCUT2D eigenvalue weighted by Crippen LogP contribution is -2.08. The number of rotatable bonds is 2. The van der Waals surface area contributed by atoms with Gasteiger partial charge in [0.05, 0.1) is 5.56 Å². The summed E-state index contributed by atoms with van der Waals surface area (Å²) in [7, 11) is 0. The number of hydrogen-bond donors (Lipinski definition) is 1. The molecule has 2 nitrogen and oxygen atoms in total. The number of hydrogen-bond acceptors (Lipinski definition) is 1. The van der Waals surface area contributed by atoms with E-state index in [1.54, 1.807) is 0 Å². The maximum atomic E-state index is 12.2. The molecule has 0 aliphatic carbocycles. The quantitative estimate of drug-likeness (QED) is 0.845. The fraction of sp³-hybridized carbons (Fsp3) is 0.182. The van der Waals surface area contributed by atoms with Crippen LogP contribution in [0.3, 0.4) is 0 Å². The van der Waals surface area contributed by atoms with Crippen LogP contribution in [-0.4, -0.2) is 17.3 Å². The number of alkyl halides is 3. The van der Waals surface area contributed by atoms with Gasteiger partial charge in [-0.05, 0) is 30.7 Å². The molecule has 0 fully saturated rings. The molecular formula is C11H9F3O2. The van der Waals surface area contributed by atoms with Crippen LogP contribution < -0.4 is 0 Å². The fourth-order valence-corrected chi connectivity index (χ4v) is 1.05. The van der Waals surface area contributed by atoms with Crippen molar-refractivity contribution in [2.24, 2.45) is 0 Å². The van der Waals surface area contributed by atoms with Crippen molar-refractivity contribution >= 4 is 12.0 Å². The molecule has 0 saturated carbocycles. The summed E-state index contributed by atoms with van der Waals surface area (Å²) in [4.78, 5) is 10.5. The van der Waals surface area contributed by atoms with Crippen molar-refractivity contribution in [1.82, 2.24) is 0 Å². The Balaban J connectivity index is 2.96. The Morgan fingerprint density at radius 1 is 1.25 bits per heavy atom. The second-order valence-corrected chi connectivity index (χ2v) is 3.25. The summed E-state index contributed by atoms with van der Waals surface area (Å²) in [5, 5.41) is 8.59. The summed E-state index contributed by atoms with van der Waals surface area (Å²) < 4.78 is 36.5. The van der Waals surface area contributed by atoms with E-state index < -0.39 is 17.7 Å². The number of aromatic carboxylic acids is 1. The van der Waals surface area contributed by atoms with E-state index in [2.05, 4.69) is 0 Å². The first-order valence-electron chi connectivity index (χ1n) is 4.39. The van der Waals surface area contributed by atoms with Gasteiger partial charge in [0.25, 0.3) is 0 Å². The van der Waals surface area contributed by atoms with Crippen LogP contribution in [0.5, 0.6) is 0 Å². The molecule has 1 aromatic carbocycles. The molecule has 1 N–H and O–H groups in total. The largest absolute Gasteiger partial charge is 0.478 e. The molecule has 0 unspecified atom stereocenters. The van der Waals surface area contributed by atoms with Crippen LogP contribution in [0, 0.1) is 0 Å². The Kier molecular flexibility index (Phi) is 3.37. The summed E-state index contributed by atoms with van der Waals surface area (Å²) in [5.74, 6) is -1.11. The normalized spacial score (nSPS) is 12.6. The number of benzene rings is 1. The third-order valence-corrected chi connectivity index (χ3v) is 1.99. The minimum Gasteiger partial charge on any atom is -0.478 e. The number of carbonyl (C=O) groups is 1. The van der Waals surface area contributed by atoms with Gasteiger partial charge in [0, 0.05) is 5.57 Å². The smallest absolute Gasteiger partial charge is 0.412 e. The first kappa shape index (κ1) is 12.3. The zero-order valence-corrected chi connectivity index (χ0v) is 8.38. The van der Waals surface area contributed by atoms with E-state index in [9.17, 15) is 18.0 Å². The van der Waals surface area contributed by atoms with E-state index in [1.807, 2.05) is 0 Å². The van der Waals surface area contributed by atoms with E-state index >= 15 is 0 Å². The van der Waals surface area contributed by atoms with Crippen LogP contribution in [0.1, 0.15) is 22.8 Å². The van der Waals surface area contributed by atoms with Crippen molar-refractivity contribution in [3.8, 4) is 0 Å². The second kappa shape index (κ2) is 4.38. The van der Waals surface area contributed by atoms with Gasteiger partial charge in [-0.2, -0.15) is 13.2 Å². The predicted molar refractivity (Wildman–Crippen MR) is 53.1 cm³/mol. The van der Waals surface area contributed by atoms with E-state index in [4.69, 9.17) is 5.11 Å². The highest BCUT2D eigenvalue weighted by Crippen LogP contribution is 2.26. The molecule has 0 saturated heterocycles. The lowest BCUT2D eigenvalue weighted by molar-refractivity contribution is -0.0903. The standard InChI is InChI=1S/C11H9F3O2/c1-7(11(12,13)14)6-8-2-4-9(5-3-8)10(15)16/h2-6H,1H3,(H,15,16). The number of carboxylic acid groups (broad SMARTS) is 1.